The van der Waals surface area contributed by atoms with E-state index in [1.54, 1.807) is 24.3 Å². The third-order valence-electron chi connectivity index (χ3n) is 2.18. The average Bonchev–Trinajstić information content (AvgIpc) is 2.28. The molecule has 0 spiro atoms. The van der Waals surface area contributed by atoms with Gasteiger partial charge in [-0.2, -0.15) is 0 Å². The third-order valence-corrected chi connectivity index (χ3v) is 2.18. The number of rotatable bonds is 4. The standard InChI is InChI=1S/C12H10O5/c13-11(14)5-6-16-9-3-1-8-2-4-12(15)17-10(8)7-9/h1-4,7H,5-6H2,(H,13,14). The van der Waals surface area contributed by atoms with Gasteiger partial charge in [-0.15, -0.1) is 0 Å². The molecule has 0 aliphatic heterocycles. The van der Waals surface area contributed by atoms with Gasteiger partial charge in [0.25, 0.3) is 0 Å². The molecule has 0 atom stereocenters. The quantitative estimate of drug-likeness (QED) is 0.814. The highest BCUT2D eigenvalue weighted by Crippen LogP contribution is 2.19. The molecule has 0 fully saturated rings. The van der Waals surface area contributed by atoms with Crippen LogP contribution in [0.3, 0.4) is 0 Å². The van der Waals surface area contributed by atoms with Crippen molar-refractivity contribution in [1.29, 1.82) is 0 Å². The summed E-state index contributed by atoms with van der Waals surface area (Å²) in [5.74, 6) is -0.439. The van der Waals surface area contributed by atoms with Crippen LogP contribution in [0.2, 0.25) is 0 Å². The van der Waals surface area contributed by atoms with Gasteiger partial charge < -0.3 is 14.3 Å². The molecule has 1 heterocycles. The SMILES string of the molecule is O=C(O)CCOc1ccc2ccc(=O)oc2c1. The first-order valence-electron chi connectivity index (χ1n) is 5.04. The fourth-order valence-corrected chi connectivity index (χ4v) is 1.39. The van der Waals surface area contributed by atoms with E-state index in [0.29, 0.717) is 11.3 Å². The highest BCUT2D eigenvalue weighted by atomic mass is 16.5. The molecule has 0 aliphatic rings. The van der Waals surface area contributed by atoms with Crippen LogP contribution in [0.15, 0.2) is 39.5 Å². The maximum atomic E-state index is 11.0. The summed E-state index contributed by atoms with van der Waals surface area (Å²) in [6, 6.07) is 8.01. The summed E-state index contributed by atoms with van der Waals surface area (Å²) in [6.45, 7) is 0.0813. The highest BCUT2D eigenvalue weighted by molar-refractivity contribution is 5.77. The van der Waals surface area contributed by atoms with Crippen LogP contribution in [0.25, 0.3) is 11.0 Å². The molecule has 5 nitrogen and oxygen atoms in total. The smallest absolute Gasteiger partial charge is 0.336 e. The number of hydrogen-bond acceptors (Lipinski definition) is 4. The number of benzene rings is 1. The lowest BCUT2D eigenvalue weighted by Crippen LogP contribution is -2.04. The molecule has 0 unspecified atom stereocenters. The van der Waals surface area contributed by atoms with Crippen molar-refractivity contribution in [2.24, 2.45) is 0 Å². The van der Waals surface area contributed by atoms with Crippen molar-refractivity contribution in [3.63, 3.8) is 0 Å². The van der Waals surface area contributed by atoms with Crippen LogP contribution < -0.4 is 10.4 Å². The maximum absolute atomic E-state index is 11.0. The Balaban J connectivity index is 2.19. The monoisotopic (exact) mass is 234 g/mol. The van der Waals surface area contributed by atoms with E-state index in [1.165, 1.54) is 6.07 Å². The van der Waals surface area contributed by atoms with Gasteiger partial charge >= 0.3 is 11.6 Å². The van der Waals surface area contributed by atoms with Gasteiger partial charge in [-0.1, -0.05) is 0 Å². The van der Waals surface area contributed by atoms with Crippen molar-refractivity contribution < 1.29 is 19.1 Å². The normalized spacial score (nSPS) is 10.4. The Bertz CT molecular complexity index is 599. The molecule has 2 rings (SSSR count). The van der Waals surface area contributed by atoms with Crippen molar-refractivity contribution in [3.05, 3.63) is 40.8 Å². The Morgan fingerprint density at radius 1 is 1.29 bits per heavy atom. The molecule has 88 valence electrons. The lowest BCUT2D eigenvalue weighted by molar-refractivity contribution is -0.137. The van der Waals surface area contributed by atoms with E-state index in [0.717, 1.165) is 5.39 Å². The first-order chi connectivity index (χ1) is 8.15. The van der Waals surface area contributed by atoms with Crippen molar-refractivity contribution in [3.8, 4) is 5.75 Å². The molecule has 0 bridgehead atoms. The van der Waals surface area contributed by atoms with E-state index >= 15 is 0 Å². The predicted octanol–water partition coefficient (Wildman–Crippen LogP) is 1.65. The number of ether oxygens (including phenoxy) is 1. The summed E-state index contributed by atoms with van der Waals surface area (Å²) in [6.07, 6.45) is -0.0726. The van der Waals surface area contributed by atoms with Crippen LogP contribution in [0.1, 0.15) is 6.42 Å². The minimum atomic E-state index is -0.919. The Morgan fingerprint density at radius 2 is 2.06 bits per heavy atom. The van der Waals surface area contributed by atoms with Crippen molar-refractivity contribution >= 4 is 16.9 Å². The van der Waals surface area contributed by atoms with Gasteiger partial charge in [0, 0.05) is 17.5 Å². The molecule has 1 aromatic carbocycles. The minimum Gasteiger partial charge on any atom is -0.493 e. The molecular formula is C12H10O5. The topological polar surface area (TPSA) is 76.7 Å². The van der Waals surface area contributed by atoms with Crippen molar-refractivity contribution in [1.82, 2.24) is 0 Å². The summed E-state index contributed by atoms with van der Waals surface area (Å²) in [5.41, 5.74) is -0.00879. The molecule has 1 N–H and O–H groups in total. The lowest BCUT2D eigenvalue weighted by Gasteiger charge is -2.04. The van der Waals surface area contributed by atoms with E-state index < -0.39 is 11.6 Å². The number of carboxylic acids is 1. The van der Waals surface area contributed by atoms with E-state index in [9.17, 15) is 9.59 Å². The molecule has 5 heteroatoms. The molecular weight excluding hydrogens is 224 g/mol. The van der Waals surface area contributed by atoms with Crippen LogP contribution in [0, 0.1) is 0 Å². The van der Waals surface area contributed by atoms with Crippen LogP contribution in [-0.4, -0.2) is 17.7 Å². The number of fused-ring (bicyclic) bond motifs is 1. The molecule has 17 heavy (non-hydrogen) atoms. The molecule has 0 aliphatic carbocycles. The zero-order valence-electron chi connectivity index (χ0n) is 8.88. The van der Waals surface area contributed by atoms with Crippen molar-refractivity contribution in [2.75, 3.05) is 6.61 Å². The Labute approximate surface area is 96.2 Å². The Hall–Kier alpha value is -2.30. The number of aliphatic carboxylic acids is 1. The minimum absolute atomic E-state index is 0.0726. The second-order valence-electron chi connectivity index (χ2n) is 3.45. The number of carboxylic acid groups (broad SMARTS) is 1. The van der Waals surface area contributed by atoms with Gasteiger partial charge in [0.1, 0.15) is 11.3 Å². The van der Waals surface area contributed by atoms with E-state index in [4.69, 9.17) is 14.3 Å². The van der Waals surface area contributed by atoms with Crippen molar-refractivity contribution in [2.45, 2.75) is 6.42 Å². The fourth-order valence-electron chi connectivity index (χ4n) is 1.39. The van der Waals surface area contributed by atoms with Gasteiger partial charge in [0.15, 0.2) is 0 Å². The predicted molar refractivity (Wildman–Crippen MR) is 60.2 cm³/mol. The van der Waals surface area contributed by atoms with Gasteiger partial charge in [-0.3, -0.25) is 4.79 Å². The van der Waals surface area contributed by atoms with E-state index in [1.807, 2.05) is 0 Å². The van der Waals surface area contributed by atoms with Gasteiger partial charge in [-0.25, -0.2) is 4.79 Å². The maximum Gasteiger partial charge on any atom is 0.336 e. The van der Waals surface area contributed by atoms with Crippen LogP contribution >= 0.6 is 0 Å². The Morgan fingerprint density at radius 3 is 2.82 bits per heavy atom. The summed E-state index contributed by atoms with van der Waals surface area (Å²) < 4.78 is 10.2. The number of hydrogen-bond donors (Lipinski definition) is 1. The lowest BCUT2D eigenvalue weighted by atomic mass is 10.2. The largest absolute Gasteiger partial charge is 0.493 e. The first-order valence-corrected chi connectivity index (χ1v) is 5.04. The van der Waals surface area contributed by atoms with Gasteiger partial charge in [-0.05, 0) is 18.2 Å². The average molecular weight is 234 g/mol. The van der Waals surface area contributed by atoms with Crippen LogP contribution in [0.4, 0.5) is 0 Å². The summed E-state index contributed by atoms with van der Waals surface area (Å²) in [7, 11) is 0. The summed E-state index contributed by atoms with van der Waals surface area (Å²) in [5, 5.41) is 9.25. The molecule has 0 saturated heterocycles. The number of carbonyl (C=O) groups is 1. The summed E-state index contributed by atoms with van der Waals surface area (Å²) >= 11 is 0. The zero-order chi connectivity index (χ0) is 12.3. The molecule has 0 saturated carbocycles. The molecule has 0 amide bonds. The summed E-state index contributed by atoms with van der Waals surface area (Å²) in [4.78, 5) is 21.3. The second kappa shape index (κ2) is 4.69. The first kappa shape index (κ1) is 11.2. The van der Waals surface area contributed by atoms with Crippen LogP contribution in [-0.2, 0) is 4.79 Å². The second-order valence-corrected chi connectivity index (χ2v) is 3.45. The van der Waals surface area contributed by atoms with Gasteiger partial charge in [0.05, 0.1) is 13.0 Å². The molecule has 2 aromatic rings. The van der Waals surface area contributed by atoms with E-state index in [-0.39, 0.29) is 13.0 Å². The highest BCUT2D eigenvalue weighted by Gasteiger charge is 2.02. The van der Waals surface area contributed by atoms with E-state index in [2.05, 4.69) is 0 Å². The Kier molecular flexibility index (Phi) is 3.09. The fraction of sp³-hybridized carbons (Fsp3) is 0.167. The third kappa shape index (κ3) is 2.84. The zero-order valence-corrected chi connectivity index (χ0v) is 8.88. The molecule has 1 aromatic heterocycles. The molecule has 0 radical (unpaired) electrons. The van der Waals surface area contributed by atoms with Crippen LogP contribution in [0.5, 0.6) is 5.75 Å². The van der Waals surface area contributed by atoms with Gasteiger partial charge in [0.2, 0.25) is 0 Å².